The zero-order chi connectivity index (χ0) is 20.3. The molecule has 3 rings (SSSR count). The molecule has 0 amide bonds. The van der Waals surface area contributed by atoms with Crippen LogP contribution in [-0.4, -0.2) is 36.7 Å². The third kappa shape index (κ3) is 3.57. The van der Waals surface area contributed by atoms with E-state index in [1.807, 2.05) is 0 Å². The van der Waals surface area contributed by atoms with E-state index in [9.17, 15) is 14.9 Å². The number of carbonyl (C=O) groups excluding carboxylic acids is 1. The number of nitro groups is 1. The predicted molar refractivity (Wildman–Crippen MR) is 103 cm³/mol. The van der Waals surface area contributed by atoms with Crippen molar-refractivity contribution < 1.29 is 23.9 Å². The molecule has 0 aliphatic heterocycles. The van der Waals surface area contributed by atoms with Crippen LogP contribution in [0.1, 0.15) is 17.3 Å². The van der Waals surface area contributed by atoms with Crippen LogP contribution in [-0.2, 0) is 4.74 Å². The summed E-state index contributed by atoms with van der Waals surface area (Å²) in [5.74, 6) is 0.482. The number of hydrogen-bond acceptors (Lipinski definition) is 7. The van der Waals surface area contributed by atoms with Gasteiger partial charge in [-0.2, -0.15) is 0 Å². The first-order valence-corrected chi connectivity index (χ1v) is 8.47. The first kappa shape index (κ1) is 19.1. The van der Waals surface area contributed by atoms with E-state index in [0.29, 0.717) is 33.7 Å². The van der Waals surface area contributed by atoms with Gasteiger partial charge >= 0.3 is 5.97 Å². The molecule has 1 aromatic heterocycles. The Kier molecular flexibility index (Phi) is 5.39. The van der Waals surface area contributed by atoms with E-state index in [1.54, 1.807) is 37.3 Å². The fraction of sp³-hybridized carbons (Fsp3) is 0.200. The van der Waals surface area contributed by atoms with Crippen LogP contribution < -0.4 is 9.47 Å². The van der Waals surface area contributed by atoms with E-state index in [0.717, 1.165) is 0 Å². The molecule has 0 radical (unpaired) electrons. The molecule has 0 atom stereocenters. The molecule has 0 saturated carbocycles. The minimum Gasteiger partial charge on any atom is -0.493 e. The lowest BCUT2D eigenvalue weighted by Gasteiger charge is -2.13. The molecule has 0 unspecified atom stereocenters. The highest BCUT2D eigenvalue weighted by atomic mass is 16.6. The summed E-state index contributed by atoms with van der Waals surface area (Å²) in [4.78, 5) is 27.5. The number of hydrogen-bond donors (Lipinski definition) is 0. The van der Waals surface area contributed by atoms with Gasteiger partial charge in [-0.1, -0.05) is 0 Å². The third-order valence-electron chi connectivity index (χ3n) is 4.17. The van der Waals surface area contributed by atoms with Gasteiger partial charge in [0.2, 0.25) is 0 Å². The van der Waals surface area contributed by atoms with Gasteiger partial charge in [-0.25, -0.2) is 9.78 Å². The first-order valence-electron chi connectivity index (χ1n) is 8.47. The second kappa shape index (κ2) is 7.91. The fourth-order valence-corrected chi connectivity index (χ4v) is 2.83. The molecule has 0 aliphatic carbocycles. The maximum Gasteiger partial charge on any atom is 0.340 e. The number of aromatic nitrogens is 1. The highest BCUT2D eigenvalue weighted by Gasteiger charge is 2.19. The second-order valence-corrected chi connectivity index (χ2v) is 5.81. The van der Waals surface area contributed by atoms with Crippen LogP contribution in [0.25, 0.3) is 22.2 Å². The number of rotatable bonds is 6. The molecule has 1 heterocycles. The highest BCUT2D eigenvalue weighted by molar-refractivity contribution is 6.01. The van der Waals surface area contributed by atoms with Crippen molar-refractivity contribution in [1.29, 1.82) is 0 Å². The number of nitrogens with zero attached hydrogens (tertiary/aromatic N) is 2. The molecule has 0 spiro atoms. The molecular weight excluding hydrogens is 364 g/mol. The molecule has 3 aromatic rings. The van der Waals surface area contributed by atoms with E-state index in [4.69, 9.17) is 14.2 Å². The summed E-state index contributed by atoms with van der Waals surface area (Å²) < 4.78 is 15.8. The SMILES string of the molecule is CCOC(=O)c1cc2cc(OC)c(OC)cc2nc1-c1ccc([N+](=O)[O-])cc1. The van der Waals surface area contributed by atoms with Gasteiger partial charge in [-0.05, 0) is 31.2 Å². The molecule has 0 N–H and O–H groups in total. The molecule has 144 valence electrons. The quantitative estimate of drug-likeness (QED) is 0.361. The predicted octanol–water partition coefficient (Wildman–Crippen LogP) is 4.00. The summed E-state index contributed by atoms with van der Waals surface area (Å²) in [5, 5.41) is 11.6. The van der Waals surface area contributed by atoms with Gasteiger partial charge in [-0.15, -0.1) is 0 Å². The summed E-state index contributed by atoms with van der Waals surface area (Å²) >= 11 is 0. The number of esters is 1. The Labute approximate surface area is 160 Å². The van der Waals surface area contributed by atoms with Crippen molar-refractivity contribution in [2.24, 2.45) is 0 Å². The highest BCUT2D eigenvalue weighted by Crippen LogP contribution is 2.34. The summed E-state index contributed by atoms with van der Waals surface area (Å²) in [5.41, 5.74) is 1.72. The Bertz CT molecular complexity index is 1050. The van der Waals surface area contributed by atoms with Crippen molar-refractivity contribution >= 4 is 22.6 Å². The Morgan fingerprint density at radius 1 is 1.07 bits per heavy atom. The standard InChI is InChI=1S/C20H18N2O6/c1-4-28-20(23)15-9-13-10-17(26-2)18(27-3)11-16(13)21-19(15)12-5-7-14(8-6-12)22(24)25/h5-11H,4H2,1-3H3. The van der Waals surface area contributed by atoms with Crippen molar-refractivity contribution in [2.45, 2.75) is 6.92 Å². The number of ether oxygens (including phenoxy) is 3. The number of pyridine rings is 1. The smallest absolute Gasteiger partial charge is 0.340 e. The number of non-ortho nitro benzene ring substituents is 1. The van der Waals surface area contributed by atoms with E-state index in [1.165, 1.54) is 26.4 Å². The second-order valence-electron chi connectivity index (χ2n) is 5.81. The van der Waals surface area contributed by atoms with Crippen LogP contribution in [0.5, 0.6) is 11.5 Å². The minimum absolute atomic E-state index is 0.0476. The van der Waals surface area contributed by atoms with Crippen LogP contribution >= 0.6 is 0 Å². The monoisotopic (exact) mass is 382 g/mol. The van der Waals surface area contributed by atoms with Crippen molar-refractivity contribution in [1.82, 2.24) is 4.98 Å². The largest absolute Gasteiger partial charge is 0.493 e. The molecule has 0 bridgehead atoms. The third-order valence-corrected chi connectivity index (χ3v) is 4.17. The van der Waals surface area contributed by atoms with Crippen molar-refractivity contribution in [3.05, 3.63) is 58.1 Å². The van der Waals surface area contributed by atoms with E-state index in [2.05, 4.69) is 4.98 Å². The molecule has 0 aliphatic rings. The lowest BCUT2D eigenvalue weighted by atomic mass is 10.0. The zero-order valence-corrected chi connectivity index (χ0v) is 15.6. The fourth-order valence-electron chi connectivity index (χ4n) is 2.83. The summed E-state index contributed by atoms with van der Waals surface area (Å²) in [6, 6.07) is 10.9. The average Bonchev–Trinajstić information content (AvgIpc) is 2.71. The number of carbonyl (C=O) groups is 1. The lowest BCUT2D eigenvalue weighted by molar-refractivity contribution is -0.384. The molecule has 28 heavy (non-hydrogen) atoms. The number of fused-ring (bicyclic) bond motifs is 1. The van der Waals surface area contributed by atoms with Gasteiger partial charge in [0.1, 0.15) is 0 Å². The van der Waals surface area contributed by atoms with Crippen LogP contribution in [0.2, 0.25) is 0 Å². The normalized spacial score (nSPS) is 10.5. The van der Waals surface area contributed by atoms with E-state index in [-0.39, 0.29) is 17.9 Å². The summed E-state index contributed by atoms with van der Waals surface area (Å²) in [7, 11) is 3.04. The van der Waals surface area contributed by atoms with Crippen LogP contribution in [0, 0.1) is 10.1 Å². The molecule has 8 nitrogen and oxygen atoms in total. The van der Waals surface area contributed by atoms with Crippen molar-refractivity contribution in [2.75, 3.05) is 20.8 Å². The number of methoxy groups -OCH3 is 2. The minimum atomic E-state index is -0.528. The molecule has 0 saturated heterocycles. The van der Waals surface area contributed by atoms with Gasteiger partial charge in [0, 0.05) is 29.1 Å². The molecule has 0 fully saturated rings. The average molecular weight is 382 g/mol. The Morgan fingerprint density at radius 3 is 2.29 bits per heavy atom. The van der Waals surface area contributed by atoms with Crippen LogP contribution in [0.4, 0.5) is 5.69 Å². The van der Waals surface area contributed by atoms with Gasteiger partial charge < -0.3 is 14.2 Å². The zero-order valence-electron chi connectivity index (χ0n) is 15.6. The van der Waals surface area contributed by atoms with Crippen LogP contribution in [0.15, 0.2) is 42.5 Å². The van der Waals surface area contributed by atoms with Gasteiger partial charge in [0.25, 0.3) is 5.69 Å². The maximum absolute atomic E-state index is 12.5. The number of benzene rings is 2. The lowest BCUT2D eigenvalue weighted by Crippen LogP contribution is -2.08. The summed E-state index contributed by atoms with van der Waals surface area (Å²) in [6.45, 7) is 1.92. The summed E-state index contributed by atoms with van der Waals surface area (Å²) in [6.07, 6.45) is 0. The van der Waals surface area contributed by atoms with Gasteiger partial charge in [0.05, 0.1) is 42.5 Å². The van der Waals surface area contributed by atoms with Gasteiger partial charge in [0.15, 0.2) is 11.5 Å². The Hall–Kier alpha value is -3.68. The topological polar surface area (TPSA) is 101 Å². The van der Waals surface area contributed by atoms with Crippen LogP contribution in [0.3, 0.4) is 0 Å². The van der Waals surface area contributed by atoms with E-state index >= 15 is 0 Å². The number of nitro benzene ring substituents is 1. The molecule has 8 heteroatoms. The van der Waals surface area contributed by atoms with Crippen molar-refractivity contribution in [3.63, 3.8) is 0 Å². The molecule has 2 aromatic carbocycles. The molecular formula is C20H18N2O6. The first-order chi connectivity index (χ1) is 13.5. The van der Waals surface area contributed by atoms with Crippen molar-refractivity contribution in [3.8, 4) is 22.8 Å². The Morgan fingerprint density at radius 2 is 1.71 bits per heavy atom. The van der Waals surface area contributed by atoms with Gasteiger partial charge in [-0.3, -0.25) is 10.1 Å². The Balaban J connectivity index is 2.24. The van der Waals surface area contributed by atoms with E-state index < -0.39 is 10.9 Å². The maximum atomic E-state index is 12.5.